The maximum Gasteiger partial charge on any atom is 0.123 e. The Labute approximate surface area is 110 Å². The van der Waals surface area contributed by atoms with Crippen molar-refractivity contribution in [2.75, 3.05) is 5.73 Å². The Balaban J connectivity index is 2.15. The molecule has 0 bridgehead atoms. The van der Waals surface area contributed by atoms with Gasteiger partial charge in [-0.2, -0.15) is 0 Å². The summed E-state index contributed by atoms with van der Waals surface area (Å²) < 4.78 is 1.79. The van der Waals surface area contributed by atoms with Gasteiger partial charge in [0.15, 0.2) is 0 Å². The Morgan fingerprint density at radius 2 is 1.89 bits per heavy atom. The summed E-state index contributed by atoms with van der Waals surface area (Å²) in [5.41, 5.74) is 9.57. The molecule has 0 amide bonds. The molecule has 2 heterocycles. The van der Waals surface area contributed by atoms with Gasteiger partial charge in [0.25, 0.3) is 0 Å². The van der Waals surface area contributed by atoms with E-state index in [2.05, 4.69) is 15.3 Å². The van der Waals surface area contributed by atoms with Crippen LogP contribution in [0.1, 0.15) is 5.56 Å². The molecule has 0 atom stereocenters. The molecular weight excluding hydrogens is 238 g/mol. The number of anilines is 1. The SMILES string of the molecule is Cc1cc(N)ncc1-c1cnnn1-c1ccccc1. The third-order valence-electron chi connectivity index (χ3n) is 2.96. The molecule has 2 N–H and O–H groups in total. The Kier molecular flexibility index (Phi) is 2.72. The van der Waals surface area contributed by atoms with E-state index in [-0.39, 0.29) is 0 Å². The number of para-hydroxylation sites is 1. The first-order chi connectivity index (χ1) is 9.25. The summed E-state index contributed by atoms with van der Waals surface area (Å²) in [7, 11) is 0. The van der Waals surface area contributed by atoms with Crippen LogP contribution < -0.4 is 5.73 Å². The summed E-state index contributed by atoms with van der Waals surface area (Å²) >= 11 is 0. The van der Waals surface area contributed by atoms with Crippen molar-refractivity contribution in [3.05, 3.63) is 54.4 Å². The van der Waals surface area contributed by atoms with E-state index < -0.39 is 0 Å². The molecule has 0 aliphatic rings. The molecule has 0 fully saturated rings. The molecule has 3 rings (SSSR count). The van der Waals surface area contributed by atoms with Gasteiger partial charge >= 0.3 is 0 Å². The topological polar surface area (TPSA) is 69.6 Å². The minimum atomic E-state index is 0.514. The van der Waals surface area contributed by atoms with Crippen molar-refractivity contribution in [2.45, 2.75) is 6.92 Å². The predicted molar refractivity (Wildman–Crippen MR) is 73.7 cm³/mol. The smallest absolute Gasteiger partial charge is 0.123 e. The predicted octanol–water partition coefficient (Wildman–Crippen LogP) is 2.22. The van der Waals surface area contributed by atoms with Crippen LogP contribution in [0.3, 0.4) is 0 Å². The van der Waals surface area contributed by atoms with Crippen LogP contribution in [0.4, 0.5) is 5.82 Å². The molecule has 3 aromatic rings. The lowest BCUT2D eigenvalue weighted by atomic mass is 10.1. The molecule has 94 valence electrons. The normalized spacial score (nSPS) is 10.6. The second-order valence-electron chi connectivity index (χ2n) is 4.29. The highest BCUT2D eigenvalue weighted by atomic mass is 15.4. The number of hydrogen-bond acceptors (Lipinski definition) is 4. The number of nitrogen functional groups attached to an aromatic ring is 1. The fourth-order valence-electron chi connectivity index (χ4n) is 2.02. The van der Waals surface area contributed by atoms with Gasteiger partial charge in [-0.25, -0.2) is 9.67 Å². The van der Waals surface area contributed by atoms with E-state index in [1.807, 2.05) is 43.3 Å². The lowest BCUT2D eigenvalue weighted by Gasteiger charge is -2.08. The van der Waals surface area contributed by atoms with E-state index >= 15 is 0 Å². The highest BCUT2D eigenvalue weighted by Crippen LogP contribution is 2.24. The van der Waals surface area contributed by atoms with Gasteiger partial charge in [-0.1, -0.05) is 23.4 Å². The van der Waals surface area contributed by atoms with Crippen LogP contribution in [0.25, 0.3) is 16.9 Å². The van der Waals surface area contributed by atoms with Crippen molar-refractivity contribution in [3.8, 4) is 16.9 Å². The minimum Gasteiger partial charge on any atom is -0.384 e. The number of aryl methyl sites for hydroxylation is 1. The Hall–Kier alpha value is -2.69. The van der Waals surface area contributed by atoms with Crippen molar-refractivity contribution in [1.82, 2.24) is 20.0 Å². The maximum absolute atomic E-state index is 5.68. The number of hydrogen-bond donors (Lipinski definition) is 1. The van der Waals surface area contributed by atoms with Crippen LogP contribution in [-0.2, 0) is 0 Å². The van der Waals surface area contributed by atoms with E-state index in [0.717, 1.165) is 22.5 Å². The second-order valence-corrected chi connectivity index (χ2v) is 4.29. The van der Waals surface area contributed by atoms with Crippen molar-refractivity contribution < 1.29 is 0 Å². The Morgan fingerprint density at radius 1 is 1.11 bits per heavy atom. The summed E-state index contributed by atoms with van der Waals surface area (Å²) in [6.45, 7) is 2.00. The van der Waals surface area contributed by atoms with E-state index in [0.29, 0.717) is 5.82 Å². The summed E-state index contributed by atoms with van der Waals surface area (Å²) in [6.07, 6.45) is 3.48. The lowest BCUT2D eigenvalue weighted by molar-refractivity contribution is 0.807. The highest BCUT2D eigenvalue weighted by molar-refractivity contribution is 5.65. The average Bonchev–Trinajstić information content (AvgIpc) is 2.89. The zero-order chi connectivity index (χ0) is 13.2. The molecule has 0 unspecified atom stereocenters. The van der Waals surface area contributed by atoms with Crippen LogP contribution in [-0.4, -0.2) is 20.0 Å². The summed E-state index contributed by atoms with van der Waals surface area (Å²) in [4.78, 5) is 4.14. The zero-order valence-corrected chi connectivity index (χ0v) is 10.5. The first kappa shape index (κ1) is 11.4. The van der Waals surface area contributed by atoms with E-state index in [1.54, 1.807) is 17.1 Å². The lowest BCUT2D eigenvalue weighted by Crippen LogP contribution is -2.01. The molecule has 0 aliphatic carbocycles. The summed E-state index contributed by atoms with van der Waals surface area (Å²) in [5, 5.41) is 8.13. The fraction of sp³-hybridized carbons (Fsp3) is 0.0714. The monoisotopic (exact) mass is 251 g/mol. The Bertz CT molecular complexity index is 703. The number of pyridine rings is 1. The highest BCUT2D eigenvalue weighted by Gasteiger charge is 2.11. The first-order valence-corrected chi connectivity index (χ1v) is 5.94. The van der Waals surface area contributed by atoms with Crippen molar-refractivity contribution in [1.29, 1.82) is 0 Å². The molecule has 0 saturated heterocycles. The molecular formula is C14H13N5. The maximum atomic E-state index is 5.68. The van der Waals surface area contributed by atoms with Gasteiger partial charge in [0.2, 0.25) is 0 Å². The number of nitrogens with zero attached hydrogens (tertiary/aromatic N) is 4. The molecule has 0 aliphatic heterocycles. The molecule has 0 spiro atoms. The van der Waals surface area contributed by atoms with Crippen LogP contribution in [0.15, 0.2) is 48.8 Å². The molecule has 5 nitrogen and oxygen atoms in total. The van der Waals surface area contributed by atoms with Crippen LogP contribution in [0.2, 0.25) is 0 Å². The molecule has 0 radical (unpaired) electrons. The van der Waals surface area contributed by atoms with E-state index in [9.17, 15) is 0 Å². The second kappa shape index (κ2) is 4.53. The first-order valence-electron chi connectivity index (χ1n) is 5.94. The van der Waals surface area contributed by atoms with E-state index in [1.165, 1.54) is 0 Å². The largest absolute Gasteiger partial charge is 0.384 e. The average molecular weight is 251 g/mol. The number of nitrogens with two attached hydrogens (primary N) is 1. The quantitative estimate of drug-likeness (QED) is 0.758. The van der Waals surface area contributed by atoms with Crippen molar-refractivity contribution in [2.24, 2.45) is 0 Å². The third-order valence-corrected chi connectivity index (χ3v) is 2.96. The zero-order valence-electron chi connectivity index (χ0n) is 10.5. The minimum absolute atomic E-state index is 0.514. The van der Waals surface area contributed by atoms with Crippen LogP contribution >= 0.6 is 0 Å². The number of aromatic nitrogens is 4. The van der Waals surface area contributed by atoms with Crippen molar-refractivity contribution >= 4 is 5.82 Å². The fourth-order valence-corrected chi connectivity index (χ4v) is 2.02. The van der Waals surface area contributed by atoms with Gasteiger partial charge in [0, 0.05) is 11.8 Å². The Morgan fingerprint density at radius 3 is 2.63 bits per heavy atom. The van der Waals surface area contributed by atoms with Crippen LogP contribution in [0, 0.1) is 6.92 Å². The summed E-state index contributed by atoms with van der Waals surface area (Å²) in [6, 6.07) is 11.7. The van der Waals surface area contributed by atoms with Gasteiger partial charge in [0.1, 0.15) is 5.82 Å². The molecule has 1 aromatic carbocycles. The summed E-state index contributed by atoms with van der Waals surface area (Å²) in [5.74, 6) is 0.514. The molecule has 5 heteroatoms. The van der Waals surface area contributed by atoms with Crippen LogP contribution in [0.5, 0.6) is 0 Å². The van der Waals surface area contributed by atoms with Gasteiger partial charge in [-0.3, -0.25) is 0 Å². The van der Waals surface area contributed by atoms with E-state index in [4.69, 9.17) is 5.73 Å². The molecule has 19 heavy (non-hydrogen) atoms. The third kappa shape index (κ3) is 2.06. The number of benzene rings is 1. The van der Waals surface area contributed by atoms with Gasteiger partial charge in [-0.15, -0.1) is 5.10 Å². The van der Waals surface area contributed by atoms with Crippen molar-refractivity contribution in [3.63, 3.8) is 0 Å². The van der Waals surface area contributed by atoms with Gasteiger partial charge in [-0.05, 0) is 30.7 Å². The van der Waals surface area contributed by atoms with Gasteiger partial charge < -0.3 is 5.73 Å². The standard InChI is InChI=1S/C14H13N5/c1-10-7-14(15)16-8-12(10)13-9-17-18-19(13)11-5-3-2-4-6-11/h2-9H,1H3,(H2,15,16). The molecule has 0 saturated carbocycles. The molecule has 2 aromatic heterocycles. The van der Waals surface area contributed by atoms with Gasteiger partial charge in [0.05, 0.1) is 17.6 Å². The number of rotatable bonds is 2.